The lowest BCUT2D eigenvalue weighted by Crippen LogP contribution is -2.47. The Hall–Kier alpha value is -1.42. The van der Waals surface area contributed by atoms with E-state index in [1.165, 1.54) is 0 Å². The molecule has 1 aromatic rings. The summed E-state index contributed by atoms with van der Waals surface area (Å²) in [6.45, 7) is 12.8. The summed E-state index contributed by atoms with van der Waals surface area (Å²) in [5.74, 6) is -0.933. The molecule has 8 heteroatoms. The van der Waals surface area contributed by atoms with Gasteiger partial charge in [0.15, 0.2) is 6.29 Å². The number of allylic oxidation sites excluding steroid dienone is 1. The number of aliphatic hydroxyl groups excluding tert-OH is 3. The topological polar surface area (TPSA) is 126 Å². The molecule has 7 nitrogen and oxygen atoms in total. The van der Waals surface area contributed by atoms with Crippen molar-refractivity contribution in [2.24, 2.45) is 23.0 Å². The molecule has 1 aliphatic rings. The van der Waals surface area contributed by atoms with Crippen LogP contribution < -0.4 is 5.73 Å². The van der Waals surface area contributed by atoms with Gasteiger partial charge in [-0.1, -0.05) is 39.3 Å². The van der Waals surface area contributed by atoms with E-state index in [2.05, 4.69) is 4.98 Å². The molecule has 1 aliphatic heterocycles. The monoisotopic (exact) mass is 508 g/mol. The summed E-state index contributed by atoms with van der Waals surface area (Å²) in [5, 5.41) is 35.4. The van der Waals surface area contributed by atoms with Crippen LogP contribution in [0, 0.1) is 24.2 Å². The normalized spacial score (nSPS) is 36.0. The molecule has 35 heavy (non-hydrogen) atoms. The molecule has 1 aromatic heterocycles. The van der Waals surface area contributed by atoms with Gasteiger partial charge in [-0.2, -0.15) is 0 Å². The minimum atomic E-state index is -1.34. The maximum Gasteiger partial charge on any atom is 0.157 e. The van der Waals surface area contributed by atoms with Crippen LogP contribution in [0.25, 0.3) is 6.08 Å². The first-order chi connectivity index (χ1) is 16.2. The number of nitrogens with zero attached hydrogens (tertiary/aromatic N) is 1. The van der Waals surface area contributed by atoms with Crippen LogP contribution in [-0.4, -0.2) is 56.7 Å². The molecular weight excluding hydrogens is 464 g/mol. The molecule has 1 unspecified atom stereocenters. The Balaban J connectivity index is 2.39. The van der Waals surface area contributed by atoms with Crippen molar-refractivity contribution in [1.82, 2.24) is 4.98 Å². The smallest absolute Gasteiger partial charge is 0.157 e. The zero-order valence-electron chi connectivity index (χ0n) is 22.2. The van der Waals surface area contributed by atoms with Crippen molar-refractivity contribution in [3.63, 3.8) is 0 Å². The first kappa shape index (κ1) is 29.8. The Morgan fingerprint density at radius 3 is 2.51 bits per heavy atom. The number of aromatic nitrogens is 1. The van der Waals surface area contributed by atoms with E-state index in [0.29, 0.717) is 0 Å². The summed E-state index contributed by atoms with van der Waals surface area (Å²) < 4.78 is 5.99. The predicted octanol–water partition coefficient (Wildman–Crippen LogP) is 4.00. The van der Waals surface area contributed by atoms with Crippen LogP contribution >= 0.6 is 11.3 Å². The number of Topliss-reactive ketones (excluding diaryl/α,β-unsaturated/α-hetero) is 1. The van der Waals surface area contributed by atoms with Crippen molar-refractivity contribution in [1.29, 1.82) is 0 Å². The second-order valence-corrected chi connectivity index (χ2v) is 11.8. The number of aliphatic hydroxyl groups is 3. The third-order valence-electron chi connectivity index (χ3n) is 7.22. The lowest BCUT2D eigenvalue weighted by atomic mass is 9.73. The molecule has 2 rings (SSSR count). The number of carbonyl (C=O) groups excluding carboxylic acids is 1. The van der Waals surface area contributed by atoms with E-state index in [1.54, 1.807) is 32.1 Å². The second kappa shape index (κ2) is 12.7. The van der Waals surface area contributed by atoms with E-state index in [-0.39, 0.29) is 18.1 Å². The van der Waals surface area contributed by atoms with Crippen LogP contribution in [0.15, 0.2) is 22.6 Å². The van der Waals surface area contributed by atoms with E-state index in [1.807, 2.05) is 45.2 Å². The van der Waals surface area contributed by atoms with Gasteiger partial charge in [-0.3, -0.25) is 4.79 Å². The molecule has 0 saturated heterocycles. The fraction of sp³-hybridized carbons (Fsp3) is 0.704. The number of aryl methyl sites for hydroxylation is 1. The Kier molecular flexibility index (Phi) is 10.8. The molecule has 0 aromatic carbocycles. The maximum atomic E-state index is 13.2. The van der Waals surface area contributed by atoms with Gasteiger partial charge >= 0.3 is 0 Å². The first-order valence-electron chi connectivity index (χ1n) is 12.5. The highest BCUT2D eigenvalue weighted by Gasteiger charge is 2.42. The van der Waals surface area contributed by atoms with Gasteiger partial charge in [0.2, 0.25) is 0 Å². The van der Waals surface area contributed by atoms with Crippen LogP contribution in [0.5, 0.6) is 0 Å². The molecule has 198 valence electrons. The third-order valence-corrected chi connectivity index (χ3v) is 8.02. The predicted molar refractivity (Wildman–Crippen MR) is 141 cm³/mol. The highest BCUT2D eigenvalue weighted by Crippen LogP contribution is 2.33. The van der Waals surface area contributed by atoms with Crippen molar-refractivity contribution in [2.75, 3.05) is 0 Å². The van der Waals surface area contributed by atoms with Crippen molar-refractivity contribution in [2.45, 2.75) is 105 Å². The maximum absolute atomic E-state index is 13.2. The highest BCUT2D eigenvalue weighted by atomic mass is 32.1. The minimum absolute atomic E-state index is 0.0651. The zero-order valence-corrected chi connectivity index (χ0v) is 23.0. The molecule has 7 atom stereocenters. The van der Waals surface area contributed by atoms with Gasteiger partial charge in [0, 0.05) is 23.1 Å². The number of nitrogens with two attached hydrogens (primary N) is 1. The summed E-state index contributed by atoms with van der Waals surface area (Å²) in [6, 6.07) is -0.525. The molecule has 0 saturated carbocycles. The van der Waals surface area contributed by atoms with Gasteiger partial charge in [-0.05, 0) is 57.6 Å². The van der Waals surface area contributed by atoms with E-state index in [4.69, 9.17) is 10.5 Å². The Morgan fingerprint density at radius 1 is 1.26 bits per heavy atom. The van der Waals surface area contributed by atoms with E-state index in [0.717, 1.165) is 41.1 Å². The summed E-state index contributed by atoms with van der Waals surface area (Å²) in [7, 11) is 0. The number of rotatable bonds is 2. The van der Waals surface area contributed by atoms with Crippen molar-refractivity contribution < 1.29 is 24.9 Å². The average Bonchev–Trinajstić information content (AvgIpc) is 3.19. The summed E-state index contributed by atoms with van der Waals surface area (Å²) in [6.07, 6.45) is 2.17. The third kappa shape index (κ3) is 8.03. The van der Waals surface area contributed by atoms with Gasteiger partial charge in [-0.25, -0.2) is 4.98 Å². The Morgan fingerprint density at radius 2 is 1.91 bits per heavy atom. The molecule has 0 fully saturated rings. The van der Waals surface area contributed by atoms with Crippen LogP contribution in [0.4, 0.5) is 0 Å². The molecular formula is C27H44N2O5S. The number of ether oxygens (including phenoxy) is 1. The molecule has 5 N–H and O–H groups in total. The number of hydrogen-bond acceptors (Lipinski definition) is 8. The van der Waals surface area contributed by atoms with E-state index in [9.17, 15) is 20.1 Å². The number of carbonyl (C=O) groups is 1. The zero-order chi connectivity index (χ0) is 26.5. The van der Waals surface area contributed by atoms with Gasteiger partial charge in [0.25, 0.3) is 0 Å². The second-order valence-electron chi connectivity index (χ2n) is 10.8. The summed E-state index contributed by atoms with van der Waals surface area (Å²) in [4.78, 5) is 17.7. The molecule has 0 bridgehead atoms. The van der Waals surface area contributed by atoms with E-state index >= 15 is 0 Å². The standard InChI is InChI=1S/C27H44N2O5S/c1-15-9-8-10-16(2)24(32)18(4)26(33)27(6,7)22(30)13-23(31)34-25(21(28)11-15)17(3)12-20-14-35-19(5)29-20/h11-12,14,16,18,21-25,30-32H,8-10,13,28H2,1-7H3/b15-11-,17-12+/t16-,18+,21?,22-,23-,24-,25+/m0/s1. The molecule has 0 radical (unpaired) electrons. The highest BCUT2D eigenvalue weighted by molar-refractivity contribution is 7.09. The first-order valence-corrected chi connectivity index (χ1v) is 13.4. The number of hydrogen-bond donors (Lipinski definition) is 4. The SMILES string of the molecule is C/C1=C/C(N)[C@@H](/C(C)=C/c2csc(C)n2)O[C@H](O)C[C@H](O)C(C)(C)C(=O)[C@H](C)[C@@H](O)[C@@H](C)CCC1. The fourth-order valence-electron chi connectivity index (χ4n) is 4.75. The Labute approximate surface area is 214 Å². The summed E-state index contributed by atoms with van der Waals surface area (Å²) >= 11 is 1.55. The number of thiazole rings is 1. The van der Waals surface area contributed by atoms with Crippen molar-refractivity contribution in [3.8, 4) is 0 Å². The fourth-order valence-corrected chi connectivity index (χ4v) is 5.32. The largest absolute Gasteiger partial charge is 0.392 e. The molecule has 0 spiro atoms. The van der Waals surface area contributed by atoms with Gasteiger partial charge in [0.1, 0.15) is 11.9 Å². The van der Waals surface area contributed by atoms with E-state index < -0.39 is 42.0 Å². The average molecular weight is 509 g/mol. The van der Waals surface area contributed by atoms with Crippen LogP contribution in [-0.2, 0) is 9.53 Å². The molecule has 0 aliphatic carbocycles. The molecule has 2 heterocycles. The number of ketones is 1. The lowest BCUT2D eigenvalue weighted by molar-refractivity contribution is -0.162. The molecule has 0 amide bonds. The van der Waals surface area contributed by atoms with Gasteiger partial charge in [-0.15, -0.1) is 11.3 Å². The van der Waals surface area contributed by atoms with Crippen LogP contribution in [0.2, 0.25) is 0 Å². The van der Waals surface area contributed by atoms with Gasteiger partial charge in [0.05, 0.1) is 29.0 Å². The summed E-state index contributed by atoms with van der Waals surface area (Å²) in [5.41, 5.74) is 8.08. The van der Waals surface area contributed by atoms with Crippen molar-refractivity contribution in [3.05, 3.63) is 33.3 Å². The lowest BCUT2D eigenvalue weighted by Gasteiger charge is -2.36. The van der Waals surface area contributed by atoms with Crippen LogP contribution in [0.3, 0.4) is 0 Å². The van der Waals surface area contributed by atoms with Gasteiger partial charge < -0.3 is 25.8 Å². The van der Waals surface area contributed by atoms with Crippen LogP contribution in [0.1, 0.15) is 77.9 Å². The van der Waals surface area contributed by atoms with Crippen molar-refractivity contribution >= 4 is 23.2 Å². The Bertz CT molecular complexity index is 909. The minimum Gasteiger partial charge on any atom is -0.392 e. The quantitative estimate of drug-likeness (QED) is 0.445.